The molecule has 2 heterocycles. The van der Waals surface area contributed by atoms with E-state index in [-0.39, 0.29) is 11.4 Å². The fraction of sp³-hybridized carbons (Fsp3) is 0.650. The molecule has 2 aliphatic heterocycles. The van der Waals surface area contributed by atoms with Gasteiger partial charge in [0.2, 0.25) is 12.2 Å². The van der Waals surface area contributed by atoms with Crippen molar-refractivity contribution in [1.29, 1.82) is 0 Å². The molecule has 1 aromatic rings. The first-order valence-electron chi connectivity index (χ1n) is 10.7. The highest BCUT2D eigenvalue weighted by molar-refractivity contribution is 5.73. The first kappa shape index (κ1) is 27.1. The van der Waals surface area contributed by atoms with E-state index in [0.717, 1.165) is 0 Å². The lowest BCUT2D eigenvalue weighted by atomic mass is 9.95. The number of benzene rings is 1. The average Bonchev–Trinajstić information content (AvgIpc) is 2.82. The molecule has 1 aromatic carbocycles. The van der Waals surface area contributed by atoms with E-state index < -0.39 is 85.4 Å². The number of aliphatic hydroxyl groups is 6. The molecule has 3 rings (SSSR count). The highest BCUT2D eigenvalue weighted by Crippen LogP contribution is 2.31. The molecule has 0 radical (unpaired) electrons. The van der Waals surface area contributed by atoms with Crippen molar-refractivity contribution >= 4 is 11.6 Å². The van der Waals surface area contributed by atoms with Crippen LogP contribution in [0.5, 0.6) is 5.75 Å². The third-order valence-corrected chi connectivity index (χ3v) is 5.66. The highest BCUT2D eigenvalue weighted by Gasteiger charge is 2.52. The molecule has 10 unspecified atom stereocenters. The zero-order chi connectivity index (χ0) is 25.9. The third kappa shape index (κ3) is 6.03. The maximum absolute atomic E-state index is 11.9. The van der Waals surface area contributed by atoms with Crippen molar-refractivity contribution in [3.63, 3.8) is 0 Å². The SMILES string of the molecule is CC(=O)NC1C(Oc2ccc([N+](=O)[O-])cc2)OC(CO)C(O)C1OC1OC(CO)C(O)C(O)C1O. The Kier molecular flexibility index (Phi) is 8.92. The number of carbonyl (C=O) groups is 1. The number of non-ortho nitro benzene ring substituents is 1. The summed E-state index contributed by atoms with van der Waals surface area (Å²) in [6.07, 6.45) is -13.9. The number of nitrogens with one attached hydrogen (secondary N) is 1. The first-order chi connectivity index (χ1) is 16.6. The summed E-state index contributed by atoms with van der Waals surface area (Å²) >= 11 is 0. The van der Waals surface area contributed by atoms with Gasteiger partial charge in [-0.25, -0.2) is 0 Å². The number of ether oxygens (including phenoxy) is 4. The molecule has 1 amide bonds. The smallest absolute Gasteiger partial charge is 0.269 e. The van der Waals surface area contributed by atoms with Gasteiger partial charge in [0.15, 0.2) is 6.29 Å². The molecule has 7 N–H and O–H groups in total. The van der Waals surface area contributed by atoms with E-state index in [1.807, 2.05) is 0 Å². The van der Waals surface area contributed by atoms with Crippen LogP contribution in [0.3, 0.4) is 0 Å². The van der Waals surface area contributed by atoms with Gasteiger partial charge in [0.1, 0.15) is 54.5 Å². The van der Waals surface area contributed by atoms with Gasteiger partial charge < -0.3 is 54.9 Å². The summed E-state index contributed by atoms with van der Waals surface area (Å²) in [7, 11) is 0. The van der Waals surface area contributed by atoms with Crippen LogP contribution in [0.25, 0.3) is 0 Å². The lowest BCUT2D eigenvalue weighted by Gasteiger charge is -2.47. The van der Waals surface area contributed by atoms with Crippen LogP contribution in [-0.4, -0.2) is 116 Å². The molecule has 15 nitrogen and oxygen atoms in total. The lowest BCUT2D eigenvalue weighted by Crippen LogP contribution is -2.68. The summed E-state index contributed by atoms with van der Waals surface area (Å²) in [5, 5.41) is 73.6. The largest absolute Gasteiger partial charge is 0.463 e. The topological polar surface area (TPSA) is 231 Å². The van der Waals surface area contributed by atoms with Crippen molar-refractivity contribution in [2.24, 2.45) is 0 Å². The van der Waals surface area contributed by atoms with Gasteiger partial charge in [-0.05, 0) is 12.1 Å². The molecule has 196 valence electrons. The molecule has 2 fully saturated rings. The average molecular weight is 504 g/mol. The number of nitro groups is 1. The van der Waals surface area contributed by atoms with Crippen molar-refractivity contribution in [3.8, 4) is 5.75 Å². The van der Waals surface area contributed by atoms with Crippen LogP contribution in [0.4, 0.5) is 5.69 Å². The lowest BCUT2D eigenvalue weighted by molar-refractivity contribution is -0.384. The number of carbonyl (C=O) groups excluding carboxylic acids is 1. The molecule has 0 aliphatic carbocycles. The molecule has 15 heteroatoms. The minimum absolute atomic E-state index is 0.0932. The Hall–Kier alpha value is -2.47. The Morgan fingerprint density at radius 2 is 1.54 bits per heavy atom. The van der Waals surface area contributed by atoms with E-state index in [4.69, 9.17) is 18.9 Å². The van der Waals surface area contributed by atoms with Gasteiger partial charge in [0, 0.05) is 19.1 Å². The third-order valence-electron chi connectivity index (χ3n) is 5.66. The Morgan fingerprint density at radius 3 is 2.09 bits per heavy atom. The predicted octanol–water partition coefficient (Wildman–Crippen LogP) is -3.26. The van der Waals surface area contributed by atoms with Crippen molar-refractivity contribution in [2.75, 3.05) is 13.2 Å². The Morgan fingerprint density at radius 1 is 0.971 bits per heavy atom. The summed E-state index contributed by atoms with van der Waals surface area (Å²) in [6, 6.07) is 3.63. The van der Waals surface area contributed by atoms with E-state index >= 15 is 0 Å². The van der Waals surface area contributed by atoms with E-state index in [2.05, 4.69) is 5.32 Å². The van der Waals surface area contributed by atoms with Gasteiger partial charge in [-0.3, -0.25) is 14.9 Å². The molecule has 0 aromatic heterocycles. The van der Waals surface area contributed by atoms with E-state index in [1.54, 1.807) is 0 Å². The molecular weight excluding hydrogens is 476 g/mol. The summed E-state index contributed by atoms with van der Waals surface area (Å²) in [5.41, 5.74) is -0.201. The minimum Gasteiger partial charge on any atom is -0.463 e. The summed E-state index contributed by atoms with van der Waals surface area (Å²) in [6.45, 7) is -0.262. The van der Waals surface area contributed by atoms with Crippen LogP contribution >= 0.6 is 0 Å². The Bertz CT molecular complexity index is 869. The number of hydrogen-bond acceptors (Lipinski definition) is 13. The molecule has 0 spiro atoms. The van der Waals surface area contributed by atoms with E-state index in [0.29, 0.717) is 0 Å². The maximum Gasteiger partial charge on any atom is 0.269 e. The van der Waals surface area contributed by atoms with Crippen molar-refractivity contribution < 1.29 is 59.3 Å². The second-order valence-electron chi connectivity index (χ2n) is 8.11. The van der Waals surface area contributed by atoms with Gasteiger partial charge in [0.05, 0.1) is 18.1 Å². The summed E-state index contributed by atoms with van der Waals surface area (Å²) in [5.74, 6) is -0.497. The molecule has 35 heavy (non-hydrogen) atoms. The minimum atomic E-state index is -1.80. The maximum atomic E-state index is 11.9. The molecule has 2 saturated heterocycles. The van der Waals surface area contributed by atoms with Gasteiger partial charge >= 0.3 is 0 Å². The van der Waals surface area contributed by atoms with Crippen molar-refractivity contribution in [2.45, 2.75) is 68.3 Å². The van der Waals surface area contributed by atoms with Crippen LogP contribution in [0.15, 0.2) is 24.3 Å². The standard InChI is InChI=1S/C20H28N2O13/c1-8(25)21-13-18(35-20-17(29)16(28)14(26)11(6-23)34-20)15(27)12(7-24)33-19(13)32-10-4-2-9(3-5-10)22(30)31/h2-5,11-20,23-24,26-29H,6-7H2,1H3,(H,21,25). The number of nitro benzene ring substituents is 1. The zero-order valence-electron chi connectivity index (χ0n) is 18.5. The molecule has 0 saturated carbocycles. The van der Waals surface area contributed by atoms with Crippen LogP contribution in [-0.2, 0) is 19.0 Å². The number of nitrogens with zero attached hydrogens (tertiary/aromatic N) is 1. The second kappa shape index (κ2) is 11.5. The summed E-state index contributed by atoms with van der Waals surface area (Å²) < 4.78 is 22.3. The summed E-state index contributed by atoms with van der Waals surface area (Å²) in [4.78, 5) is 22.2. The fourth-order valence-corrected chi connectivity index (χ4v) is 3.83. The van der Waals surface area contributed by atoms with Crippen LogP contribution in [0, 0.1) is 10.1 Å². The zero-order valence-corrected chi connectivity index (χ0v) is 18.5. The van der Waals surface area contributed by atoms with Crippen LogP contribution in [0.2, 0.25) is 0 Å². The number of aliphatic hydroxyl groups excluding tert-OH is 6. The normalized spacial score (nSPS) is 37.5. The van der Waals surface area contributed by atoms with E-state index in [1.165, 1.54) is 31.2 Å². The number of hydrogen-bond donors (Lipinski definition) is 7. The van der Waals surface area contributed by atoms with Gasteiger partial charge in [-0.15, -0.1) is 0 Å². The molecule has 2 aliphatic rings. The molecule has 10 atom stereocenters. The number of rotatable bonds is 8. The van der Waals surface area contributed by atoms with Crippen LogP contribution < -0.4 is 10.1 Å². The Balaban J connectivity index is 1.88. The predicted molar refractivity (Wildman–Crippen MR) is 112 cm³/mol. The van der Waals surface area contributed by atoms with Gasteiger partial charge in [-0.2, -0.15) is 0 Å². The van der Waals surface area contributed by atoms with Crippen molar-refractivity contribution in [3.05, 3.63) is 34.4 Å². The van der Waals surface area contributed by atoms with Crippen molar-refractivity contribution in [1.82, 2.24) is 5.32 Å². The molecule has 0 bridgehead atoms. The quantitative estimate of drug-likeness (QED) is 0.136. The van der Waals surface area contributed by atoms with Gasteiger partial charge in [0.25, 0.3) is 5.69 Å². The second-order valence-corrected chi connectivity index (χ2v) is 8.11. The monoisotopic (exact) mass is 504 g/mol. The fourth-order valence-electron chi connectivity index (χ4n) is 3.83. The Labute approximate surface area is 198 Å². The number of amides is 1. The highest BCUT2D eigenvalue weighted by atomic mass is 16.7. The first-order valence-corrected chi connectivity index (χ1v) is 10.7. The van der Waals surface area contributed by atoms with Gasteiger partial charge in [-0.1, -0.05) is 0 Å². The molecular formula is C20H28N2O13. The van der Waals surface area contributed by atoms with E-state index in [9.17, 15) is 45.5 Å². The van der Waals surface area contributed by atoms with Crippen LogP contribution in [0.1, 0.15) is 6.92 Å².